The SMILES string of the molecule is CCNC(=NCC(c1ccccc1)c1ccccc1)NCCCCn1ccccc1=O.I. The van der Waals surface area contributed by atoms with E-state index in [1.54, 1.807) is 16.7 Å². The first-order valence-electron chi connectivity index (χ1n) is 11.1. The Balaban J connectivity index is 0.00000363. The first-order valence-corrected chi connectivity index (χ1v) is 11.1. The minimum absolute atomic E-state index is 0. The van der Waals surface area contributed by atoms with E-state index in [2.05, 4.69) is 66.1 Å². The highest BCUT2D eigenvalue weighted by Crippen LogP contribution is 2.24. The van der Waals surface area contributed by atoms with Crippen molar-refractivity contribution in [1.82, 2.24) is 15.2 Å². The van der Waals surface area contributed by atoms with E-state index in [4.69, 9.17) is 4.99 Å². The average Bonchev–Trinajstić information content (AvgIpc) is 2.81. The first kappa shape index (κ1) is 25.6. The lowest BCUT2D eigenvalue weighted by atomic mass is 9.91. The number of nitrogens with one attached hydrogen (secondary N) is 2. The molecule has 170 valence electrons. The van der Waals surface area contributed by atoms with Gasteiger partial charge in [0.25, 0.3) is 0 Å². The summed E-state index contributed by atoms with van der Waals surface area (Å²) in [6.07, 6.45) is 3.74. The minimum atomic E-state index is 0. The number of nitrogens with zero attached hydrogens (tertiary/aromatic N) is 2. The van der Waals surface area contributed by atoms with Gasteiger partial charge in [-0.2, -0.15) is 0 Å². The Hall–Kier alpha value is -2.61. The number of aryl methyl sites for hydroxylation is 1. The zero-order valence-electron chi connectivity index (χ0n) is 18.6. The molecule has 0 saturated heterocycles. The van der Waals surface area contributed by atoms with Gasteiger partial charge in [-0.3, -0.25) is 9.79 Å². The number of guanidine groups is 1. The molecular formula is C26H33IN4O. The predicted octanol–water partition coefficient (Wildman–Crippen LogP) is 4.63. The fourth-order valence-electron chi connectivity index (χ4n) is 3.56. The summed E-state index contributed by atoms with van der Waals surface area (Å²) < 4.78 is 1.75. The van der Waals surface area contributed by atoms with Crippen molar-refractivity contribution < 1.29 is 0 Å². The highest BCUT2D eigenvalue weighted by molar-refractivity contribution is 14.0. The van der Waals surface area contributed by atoms with Crippen LogP contribution in [0.4, 0.5) is 0 Å². The van der Waals surface area contributed by atoms with E-state index < -0.39 is 0 Å². The van der Waals surface area contributed by atoms with Gasteiger partial charge in [-0.05, 0) is 37.0 Å². The molecule has 0 atom stereocenters. The van der Waals surface area contributed by atoms with Crippen LogP contribution in [0.3, 0.4) is 0 Å². The van der Waals surface area contributed by atoms with E-state index >= 15 is 0 Å². The van der Waals surface area contributed by atoms with Crippen molar-refractivity contribution in [2.45, 2.75) is 32.2 Å². The third-order valence-electron chi connectivity index (χ3n) is 5.20. The number of aliphatic imine (C=N–C) groups is 1. The quantitative estimate of drug-likeness (QED) is 0.169. The normalized spacial score (nSPS) is 11.1. The number of hydrogen-bond acceptors (Lipinski definition) is 2. The van der Waals surface area contributed by atoms with Gasteiger partial charge in [0.2, 0.25) is 5.56 Å². The average molecular weight is 544 g/mol. The third-order valence-corrected chi connectivity index (χ3v) is 5.20. The topological polar surface area (TPSA) is 58.4 Å². The molecule has 0 aliphatic heterocycles. The van der Waals surface area contributed by atoms with Crippen LogP contribution in [0, 0.1) is 0 Å². The van der Waals surface area contributed by atoms with Gasteiger partial charge in [0, 0.05) is 37.8 Å². The number of aromatic nitrogens is 1. The number of benzene rings is 2. The Morgan fingerprint density at radius 3 is 2.09 bits per heavy atom. The van der Waals surface area contributed by atoms with Crippen LogP contribution in [0.1, 0.15) is 36.8 Å². The van der Waals surface area contributed by atoms with Crippen molar-refractivity contribution in [3.8, 4) is 0 Å². The fourth-order valence-corrected chi connectivity index (χ4v) is 3.56. The molecule has 3 rings (SSSR count). The third kappa shape index (κ3) is 8.15. The van der Waals surface area contributed by atoms with Crippen molar-refractivity contribution >= 4 is 29.9 Å². The summed E-state index contributed by atoms with van der Waals surface area (Å²) >= 11 is 0. The molecule has 2 aromatic carbocycles. The Morgan fingerprint density at radius 2 is 1.50 bits per heavy atom. The van der Waals surface area contributed by atoms with Crippen LogP contribution in [-0.4, -0.2) is 30.2 Å². The smallest absolute Gasteiger partial charge is 0.250 e. The number of halogens is 1. The second-order valence-corrected chi connectivity index (χ2v) is 7.46. The molecule has 0 saturated carbocycles. The molecule has 0 spiro atoms. The van der Waals surface area contributed by atoms with Crippen molar-refractivity contribution in [2.24, 2.45) is 4.99 Å². The summed E-state index contributed by atoms with van der Waals surface area (Å²) in [7, 11) is 0. The first-order chi connectivity index (χ1) is 15.3. The van der Waals surface area contributed by atoms with Gasteiger partial charge in [0.15, 0.2) is 5.96 Å². The predicted molar refractivity (Wildman–Crippen MR) is 144 cm³/mol. The summed E-state index contributed by atoms with van der Waals surface area (Å²) in [6, 6.07) is 26.3. The zero-order valence-corrected chi connectivity index (χ0v) is 20.9. The summed E-state index contributed by atoms with van der Waals surface area (Å²) in [5.74, 6) is 1.04. The number of hydrogen-bond donors (Lipinski definition) is 2. The van der Waals surface area contributed by atoms with Crippen molar-refractivity contribution in [2.75, 3.05) is 19.6 Å². The van der Waals surface area contributed by atoms with Crippen molar-refractivity contribution in [1.29, 1.82) is 0 Å². The molecule has 0 aliphatic rings. The highest BCUT2D eigenvalue weighted by atomic mass is 127. The van der Waals surface area contributed by atoms with Gasteiger partial charge in [-0.1, -0.05) is 66.7 Å². The monoisotopic (exact) mass is 544 g/mol. The van der Waals surface area contributed by atoms with E-state index in [-0.39, 0.29) is 35.5 Å². The zero-order chi connectivity index (χ0) is 21.7. The van der Waals surface area contributed by atoms with Crippen molar-refractivity contribution in [3.05, 3.63) is 107 Å². The van der Waals surface area contributed by atoms with E-state index in [9.17, 15) is 4.79 Å². The maximum Gasteiger partial charge on any atom is 0.250 e. The van der Waals surface area contributed by atoms with Crippen molar-refractivity contribution in [3.63, 3.8) is 0 Å². The van der Waals surface area contributed by atoms with Crippen LogP contribution in [0.5, 0.6) is 0 Å². The van der Waals surface area contributed by atoms with Crippen LogP contribution in [0.15, 0.2) is 94.8 Å². The molecule has 0 fully saturated rings. The molecule has 0 aliphatic carbocycles. The molecule has 5 nitrogen and oxygen atoms in total. The molecule has 1 aromatic heterocycles. The molecule has 3 aromatic rings. The lowest BCUT2D eigenvalue weighted by Gasteiger charge is -2.18. The van der Waals surface area contributed by atoms with E-state index in [0.717, 1.165) is 38.4 Å². The Morgan fingerprint density at radius 1 is 0.875 bits per heavy atom. The molecule has 6 heteroatoms. The van der Waals surface area contributed by atoms with Crippen LogP contribution >= 0.6 is 24.0 Å². The maximum absolute atomic E-state index is 11.8. The molecule has 0 unspecified atom stereocenters. The molecule has 32 heavy (non-hydrogen) atoms. The van der Waals surface area contributed by atoms with Gasteiger partial charge in [0.05, 0.1) is 6.54 Å². The second-order valence-electron chi connectivity index (χ2n) is 7.46. The minimum Gasteiger partial charge on any atom is -0.357 e. The lowest BCUT2D eigenvalue weighted by molar-refractivity contribution is 0.585. The molecule has 0 radical (unpaired) electrons. The number of rotatable bonds is 10. The Bertz CT molecular complexity index is 950. The molecule has 0 bridgehead atoms. The Kier molecular flexibility index (Phi) is 11.6. The summed E-state index contributed by atoms with van der Waals surface area (Å²) in [5, 5.41) is 6.77. The van der Waals surface area contributed by atoms with Gasteiger partial charge in [-0.15, -0.1) is 24.0 Å². The Labute approximate surface area is 208 Å². The summed E-state index contributed by atoms with van der Waals surface area (Å²) in [4.78, 5) is 16.7. The molecule has 1 heterocycles. The summed E-state index contributed by atoms with van der Waals surface area (Å²) in [6.45, 7) is 5.11. The molecule has 0 amide bonds. The highest BCUT2D eigenvalue weighted by Gasteiger charge is 2.13. The van der Waals surface area contributed by atoms with Gasteiger partial charge >= 0.3 is 0 Å². The van der Waals surface area contributed by atoms with Crippen LogP contribution in [-0.2, 0) is 6.54 Å². The standard InChI is InChI=1S/C26H32N4O.HI/c1-2-27-26(28-18-10-12-20-30-19-11-9-17-25(30)31)29-21-24(22-13-5-3-6-14-22)23-15-7-4-8-16-23;/h3-9,11,13-17,19,24H,2,10,12,18,20-21H2,1H3,(H2,27,28,29);1H. The van der Waals surface area contributed by atoms with E-state index in [1.807, 2.05) is 24.4 Å². The van der Waals surface area contributed by atoms with E-state index in [1.165, 1.54) is 11.1 Å². The largest absolute Gasteiger partial charge is 0.357 e. The van der Waals surface area contributed by atoms with Gasteiger partial charge in [-0.25, -0.2) is 0 Å². The van der Waals surface area contributed by atoms with Crippen LogP contribution < -0.4 is 16.2 Å². The molecular weight excluding hydrogens is 511 g/mol. The lowest BCUT2D eigenvalue weighted by Crippen LogP contribution is -2.38. The summed E-state index contributed by atoms with van der Waals surface area (Å²) in [5.41, 5.74) is 2.58. The van der Waals surface area contributed by atoms with Crippen LogP contribution in [0.25, 0.3) is 0 Å². The number of unbranched alkanes of at least 4 members (excludes halogenated alkanes) is 1. The molecule has 2 N–H and O–H groups in total. The van der Waals surface area contributed by atoms with Crippen LogP contribution in [0.2, 0.25) is 0 Å². The fraction of sp³-hybridized carbons (Fsp3) is 0.308. The second kappa shape index (κ2) is 14.5. The number of pyridine rings is 1. The van der Waals surface area contributed by atoms with Gasteiger partial charge < -0.3 is 15.2 Å². The maximum atomic E-state index is 11.8. The van der Waals surface area contributed by atoms with Gasteiger partial charge in [0.1, 0.15) is 0 Å². The van der Waals surface area contributed by atoms with E-state index in [0.29, 0.717) is 6.54 Å².